The highest BCUT2D eigenvalue weighted by Gasteiger charge is 2.19. The summed E-state index contributed by atoms with van der Waals surface area (Å²) in [5.41, 5.74) is 1.31. The number of H-pyrrole nitrogens is 1. The number of hydrogen-bond acceptors (Lipinski definition) is 6. The average Bonchev–Trinajstić information content (AvgIpc) is 2.66. The molecule has 0 aliphatic carbocycles. The molecule has 0 saturated heterocycles. The van der Waals surface area contributed by atoms with E-state index in [2.05, 4.69) is 9.97 Å². The van der Waals surface area contributed by atoms with Crippen molar-refractivity contribution in [3.8, 4) is 17.0 Å². The third-order valence-corrected chi connectivity index (χ3v) is 4.38. The van der Waals surface area contributed by atoms with Gasteiger partial charge >= 0.3 is 5.97 Å². The van der Waals surface area contributed by atoms with Crippen LogP contribution >= 0.6 is 12.2 Å². The van der Waals surface area contributed by atoms with Gasteiger partial charge in [-0.1, -0.05) is 0 Å². The molecule has 0 amide bonds. The molecule has 0 aliphatic heterocycles. The highest BCUT2D eigenvalue weighted by Crippen LogP contribution is 2.25. The zero-order chi connectivity index (χ0) is 18.8. The summed E-state index contributed by atoms with van der Waals surface area (Å²) in [5, 5.41) is 0.157. The van der Waals surface area contributed by atoms with Gasteiger partial charge in [0.1, 0.15) is 11.4 Å². The maximum absolute atomic E-state index is 12.4. The van der Waals surface area contributed by atoms with Crippen molar-refractivity contribution in [3.05, 3.63) is 51.0 Å². The summed E-state index contributed by atoms with van der Waals surface area (Å²) in [4.78, 5) is 31.9. The minimum atomic E-state index is -0.613. The number of carbonyl (C=O) groups is 1. The molecule has 0 fully saturated rings. The number of aryl methyl sites for hydroxylation is 1. The third kappa shape index (κ3) is 2.99. The number of rotatable bonds is 4. The number of esters is 1. The largest absolute Gasteiger partial charge is 0.497 e. The molecule has 26 heavy (non-hydrogen) atoms. The number of pyridine rings is 1. The van der Waals surface area contributed by atoms with Crippen molar-refractivity contribution in [1.29, 1.82) is 0 Å². The maximum Gasteiger partial charge on any atom is 0.338 e. The predicted molar refractivity (Wildman–Crippen MR) is 100 cm³/mol. The van der Waals surface area contributed by atoms with Gasteiger partial charge in [-0.05, 0) is 49.5 Å². The van der Waals surface area contributed by atoms with Crippen molar-refractivity contribution < 1.29 is 14.3 Å². The van der Waals surface area contributed by atoms with Crippen molar-refractivity contribution in [2.24, 2.45) is 0 Å². The monoisotopic (exact) mass is 371 g/mol. The zero-order valence-electron chi connectivity index (χ0n) is 14.5. The minimum Gasteiger partial charge on any atom is -0.497 e. The molecule has 3 rings (SSSR count). The van der Waals surface area contributed by atoms with Gasteiger partial charge in [-0.25, -0.2) is 9.78 Å². The first-order valence-corrected chi connectivity index (χ1v) is 8.31. The Morgan fingerprint density at radius 2 is 1.96 bits per heavy atom. The van der Waals surface area contributed by atoms with Crippen molar-refractivity contribution in [1.82, 2.24) is 14.5 Å². The van der Waals surface area contributed by atoms with Crippen LogP contribution in [-0.2, 0) is 11.3 Å². The van der Waals surface area contributed by atoms with E-state index < -0.39 is 11.5 Å². The van der Waals surface area contributed by atoms with Gasteiger partial charge < -0.3 is 14.0 Å². The van der Waals surface area contributed by atoms with E-state index >= 15 is 0 Å². The van der Waals surface area contributed by atoms with Crippen molar-refractivity contribution in [2.75, 3.05) is 14.2 Å². The molecule has 2 aromatic heterocycles. The van der Waals surface area contributed by atoms with Crippen LogP contribution in [0.15, 0.2) is 35.1 Å². The molecule has 0 spiro atoms. The first-order valence-electron chi connectivity index (χ1n) is 7.90. The Morgan fingerprint density at radius 3 is 2.54 bits per heavy atom. The molecule has 0 atom stereocenters. The van der Waals surface area contributed by atoms with Crippen molar-refractivity contribution in [2.45, 2.75) is 13.5 Å². The van der Waals surface area contributed by atoms with E-state index in [9.17, 15) is 9.59 Å². The topological polar surface area (TPSA) is 86.2 Å². The van der Waals surface area contributed by atoms with Gasteiger partial charge in [0.2, 0.25) is 0 Å². The van der Waals surface area contributed by atoms with Gasteiger partial charge in [-0.3, -0.25) is 9.78 Å². The minimum absolute atomic E-state index is 0.141. The van der Waals surface area contributed by atoms with Crippen LogP contribution in [0.4, 0.5) is 0 Å². The lowest BCUT2D eigenvalue weighted by molar-refractivity contribution is 0.0603. The van der Waals surface area contributed by atoms with Gasteiger partial charge in [0, 0.05) is 12.1 Å². The molecular weight excluding hydrogens is 354 g/mol. The number of aromatic nitrogens is 3. The number of fused-ring (bicyclic) bond motifs is 1. The van der Waals surface area contributed by atoms with E-state index in [1.807, 2.05) is 19.1 Å². The maximum atomic E-state index is 12.4. The Bertz CT molecular complexity index is 1100. The van der Waals surface area contributed by atoms with E-state index in [1.54, 1.807) is 29.9 Å². The fourth-order valence-electron chi connectivity index (χ4n) is 2.75. The van der Waals surface area contributed by atoms with Crippen molar-refractivity contribution in [3.63, 3.8) is 0 Å². The molecule has 0 radical (unpaired) electrons. The second-order valence-corrected chi connectivity index (χ2v) is 5.86. The standard InChI is InChI=1S/C18H17N3O4S/c1-4-21-15-14(16(22)20-18(21)26)12(17(23)25-3)9-13(19-15)10-5-7-11(24-2)8-6-10/h5-9H,4H2,1-3H3,(H,20,22,26). The SMILES string of the molecule is CCn1c(=S)[nH]c(=O)c2c(C(=O)OC)cc(-c3ccc(OC)cc3)nc21. The number of nitrogens with zero attached hydrogens (tertiary/aromatic N) is 2. The molecule has 1 N–H and O–H groups in total. The summed E-state index contributed by atoms with van der Waals surface area (Å²) < 4.78 is 11.9. The summed E-state index contributed by atoms with van der Waals surface area (Å²) >= 11 is 5.23. The van der Waals surface area contributed by atoms with Gasteiger partial charge in [0.25, 0.3) is 5.56 Å². The molecule has 0 aliphatic rings. The van der Waals surface area contributed by atoms with Gasteiger partial charge in [0.05, 0.1) is 30.9 Å². The van der Waals surface area contributed by atoms with Crippen LogP contribution in [-0.4, -0.2) is 34.7 Å². The normalized spacial score (nSPS) is 10.7. The van der Waals surface area contributed by atoms with E-state index in [0.717, 1.165) is 5.56 Å². The molecule has 0 bridgehead atoms. The van der Waals surface area contributed by atoms with Gasteiger partial charge in [-0.15, -0.1) is 0 Å². The summed E-state index contributed by atoms with van der Waals surface area (Å²) in [6.45, 7) is 2.37. The summed E-state index contributed by atoms with van der Waals surface area (Å²) in [6, 6.07) is 8.79. The first kappa shape index (κ1) is 17.8. The Labute approximate surface area is 154 Å². The highest BCUT2D eigenvalue weighted by molar-refractivity contribution is 7.71. The molecule has 8 heteroatoms. The lowest BCUT2D eigenvalue weighted by Crippen LogP contribution is -2.19. The van der Waals surface area contributed by atoms with Crippen LogP contribution < -0.4 is 10.3 Å². The molecule has 0 saturated carbocycles. The average molecular weight is 371 g/mol. The molecule has 0 unspecified atom stereocenters. The second kappa shape index (κ2) is 7.09. The summed E-state index contributed by atoms with van der Waals surface area (Å²) in [6.07, 6.45) is 0. The zero-order valence-corrected chi connectivity index (χ0v) is 15.3. The lowest BCUT2D eigenvalue weighted by Gasteiger charge is -2.12. The molecule has 2 heterocycles. The molecule has 1 aromatic carbocycles. The van der Waals surface area contributed by atoms with E-state index in [4.69, 9.17) is 21.7 Å². The Kier molecular flexibility index (Phi) is 4.85. The van der Waals surface area contributed by atoms with E-state index in [-0.39, 0.29) is 15.7 Å². The summed E-state index contributed by atoms with van der Waals surface area (Å²) in [5.74, 6) is 0.0908. The van der Waals surface area contributed by atoms with E-state index in [0.29, 0.717) is 23.6 Å². The van der Waals surface area contributed by atoms with Gasteiger partial charge in [0.15, 0.2) is 4.77 Å². The van der Waals surface area contributed by atoms with Crippen LogP contribution in [0.3, 0.4) is 0 Å². The van der Waals surface area contributed by atoms with Crippen LogP contribution in [0.2, 0.25) is 0 Å². The number of aromatic amines is 1. The lowest BCUT2D eigenvalue weighted by atomic mass is 10.1. The predicted octanol–water partition coefficient (Wildman–Crippen LogP) is 2.94. The Morgan fingerprint density at radius 1 is 1.27 bits per heavy atom. The fraction of sp³-hybridized carbons (Fsp3) is 0.222. The van der Waals surface area contributed by atoms with E-state index in [1.165, 1.54) is 7.11 Å². The fourth-order valence-corrected chi connectivity index (χ4v) is 3.06. The molecular formula is C18H17N3O4S. The number of methoxy groups -OCH3 is 2. The second-order valence-electron chi connectivity index (χ2n) is 5.48. The molecule has 7 nitrogen and oxygen atoms in total. The highest BCUT2D eigenvalue weighted by atomic mass is 32.1. The Hall–Kier alpha value is -3.00. The Balaban J connectivity index is 2.40. The van der Waals surface area contributed by atoms with Gasteiger partial charge in [-0.2, -0.15) is 0 Å². The number of hydrogen-bond donors (Lipinski definition) is 1. The molecule has 134 valence electrons. The van der Waals surface area contributed by atoms with Crippen molar-refractivity contribution >= 4 is 29.2 Å². The number of benzene rings is 1. The smallest absolute Gasteiger partial charge is 0.338 e. The number of carbonyl (C=O) groups excluding carboxylic acids is 1. The van der Waals surface area contributed by atoms with Crippen LogP contribution in [0.25, 0.3) is 22.3 Å². The van der Waals surface area contributed by atoms with Crippen LogP contribution in [0, 0.1) is 4.77 Å². The summed E-state index contributed by atoms with van der Waals surface area (Å²) in [7, 11) is 2.85. The quantitative estimate of drug-likeness (QED) is 0.561. The molecule has 3 aromatic rings. The van der Waals surface area contributed by atoms with Crippen LogP contribution in [0.1, 0.15) is 17.3 Å². The van der Waals surface area contributed by atoms with Crippen LogP contribution in [0.5, 0.6) is 5.75 Å². The third-order valence-electron chi connectivity index (χ3n) is 4.06. The first-order chi connectivity index (χ1) is 12.5. The number of ether oxygens (including phenoxy) is 2. The number of nitrogens with one attached hydrogen (secondary N) is 1.